The molecule has 4 heteroatoms. The second-order valence-electron chi connectivity index (χ2n) is 4.96. The number of rotatable bonds is 5. The van der Waals surface area contributed by atoms with E-state index in [-0.39, 0.29) is 5.78 Å². The number of amides is 1. The Morgan fingerprint density at radius 2 is 1.79 bits per heavy atom. The number of carbonyl (C=O) groups is 2. The topological polar surface area (TPSA) is 49.4 Å². The number of anilines is 1. The largest absolute Gasteiger partial charge is 0.315 e. The van der Waals surface area contributed by atoms with Gasteiger partial charge in [-0.05, 0) is 37.9 Å². The molecule has 2 rings (SSSR count). The number of aryl methyl sites for hydroxylation is 2. The van der Waals surface area contributed by atoms with Gasteiger partial charge in [0.25, 0.3) is 11.7 Å². The van der Waals surface area contributed by atoms with Crippen molar-refractivity contribution in [2.75, 3.05) is 24.5 Å². The van der Waals surface area contributed by atoms with Crippen LogP contribution in [0.15, 0.2) is 12.1 Å². The van der Waals surface area contributed by atoms with E-state index in [1.54, 1.807) is 4.90 Å². The first-order chi connectivity index (χ1) is 9.07. The Bertz CT molecular complexity index is 523. The Morgan fingerprint density at radius 3 is 2.47 bits per heavy atom. The van der Waals surface area contributed by atoms with E-state index in [1.165, 1.54) is 0 Å². The third-order valence-corrected chi connectivity index (χ3v) is 3.46. The van der Waals surface area contributed by atoms with Gasteiger partial charge in [-0.3, -0.25) is 9.59 Å². The molecule has 1 N–H and O–H groups in total. The number of nitrogens with one attached hydrogen (secondary N) is 1. The first-order valence-corrected chi connectivity index (χ1v) is 6.75. The predicted molar refractivity (Wildman–Crippen MR) is 75.8 cm³/mol. The maximum atomic E-state index is 12.1. The molecule has 0 aliphatic carbocycles. The van der Waals surface area contributed by atoms with Gasteiger partial charge in [-0.25, -0.2) is 0 Å². The van der Waals surface area contributed by atoms with Crippen LogP contribution in [0, 0.1) is 13.8 Å². The minimum atomic E-state index is -0.398. The van der Waals surface area contributed by atoms with Gasteiger partial charge in [-0.15, -0.1) is 0 Å². The highest BCUT2D eigenvalue weighted by Crippen LogP contribution is 2.34. The van der Waals surface area contributed by atoms with E-state index < -0.39 is 5.91 Å². The molecule has 1 aromatic carbocycles. The Kier molecular flexibility index (Phi) is 4.00. The van der Waals surface area contributed by atoms with E-state index in [0.717, 1.165) is 29.8 Å². The summed E-state index contributed by atoms with van der Waals surface area (Å²) in [5, 5.41) is 3.26. The summed E-state index contributed by atoms with van der Waals surface area (Å²) in [6.07, 6.45) is 1.06. The van der Waals surface area contributed by atoms with Crippen LogP contribution in [-0.2, 0) is 4.79 Å². The van der Waals surface area contributed by atoms with E-state index in [9.17, 15) is 9.59 Å². The van der Waals surface area contributed by atoms with Crippen LogP contribution in [0.1, 0.15) is 34.8 Å². The van der Waals surface area contributed by atoms with Gasteiger partial charge in [0.15, 0.2) is 0 Å². The second-order valence-corrected chi connectivity index (χ2v) is 4.96. The van der Waals surface area contributed by atoms with Crippen LogP contribution in [0.25, 0.3) is 0 Å². The molecule has 1 aromatic rings. The Balaban J connectivity index is 2.26. The van der Waals surface area contributed by atoms with E-state index in [4.69, 9.17) is 0 Å². The molecule has 1 aliphatic heterocycles. The van der Waals surface area contributed by atoms with Crippen LogP contribution < -0.4 is 10.2 Å². The van der Waals surface area contributed by atoms with E-state index in [0.29, 0.717) is 18.7 Å². The first kappa shape index (κ1) is 13.7. The lowest BCUT2D eigenvalue weighted by atomic mass is 10.0. The predicted octanol–water partition coefficient (Wildman–Crippen LogP) is 1.83. The summed E-state index contributed by atoms with van der Waals surface area (Å²) in [5.41, 5.74) is 3.24. The van der Waals surface area contributed by atoms with Gasteiger partial charge >= 0.3 is 0 Å². The fourth-order valence-corrected chi connectivity index (χ4v) is 2.47. The van der Waals surface area contributed by atoms with Crippen LogP contribution >= 0.6 is 0 Å². The Morgan fingerprint density at radius 1 is 1.11 bits per heavy atom. The summed E-state index contributed by atoms with van der Waals surface area (Å²) >= 11 is 0. The third kappa shape index (κ3) is 2.40. The lowest BCUT2D eigenvalue weighted by Crippen LogP contribution is -2.36. The number of nitrogens with zero attached hydrogens (tertiary/aromatic N) is 1. The van der Waals surface area contributed by atoms with Gasteiger partial charge in [-0.1, -0.05) is 19.1 Å². The zero-order chi connectivity index (χ0) is 14.0. The molecule has 0 unspecified atom stereocenters. The normalized spacial score (nSPS) is 14.2. The molecule has 0 saturated carbocycles. The molecule has 0 radical (unpaired) electrons. The molecule has 0 saturated heterocycles. The van der Waals surface area contributed by atoms with Gasteiger partial charge in [0.1, 0.15) is 0 Å². The summed E-state index contributed by atoms with van der Waals surface area (Å²) in [7, 11) is 0. The number of hydrogen-bond donors (Lipinski definition) is 1. The quantitative estimate of drug-likeness (QED) is 0.649. The van der Waals surface area contributed by atoms with Crippen molar-refractivity contribution in [1.29, 1.82) is 0 Å². The zero-order valence-corrected chi connectivity index (χ0v) is 11.7. The van der Waals surface area contributed by atoms with Crippen molar-refractivity contribution in [1.82, 2.24) is 5.32 Å². The van der Waals surface area contributed by atoms with Crippen LogP contribution in [-0.4, -0.2) is 31.3 Å². The number of benzene rings is 1. The summed E-state index contributed by atoms with van der Waals surface area (Å²) in [5.74, 6) is -0.766. The summed E-state index contributed by atoms with van der Waals surface area (Å²) in [6.45, 7) is 8.09. The summed E-state index contributed by atoms with van der Waals surface area (Å²) in [4.78, 5) is 25.8. The average Bonchev–Trinajstić information content (AvgIpc) is 2.65. The molecule has 1 aliphatic rings. The number of Topliss-reactive ketones (excluding diaryl/α,β-unsaturated/α-hetero) is 1. The van der Waals surface area contributed by atoms with Crippen LogP contribution in [0.5, 0.6) is 0 Å². The number of hydrogen-bond acceptors (Lipinski definition) is 3. The number of carbonyl (C=O) groups excluding carboxylic acids is 2. The van der Waals surface area contributed by atoms with Gasteiger partial charge in [0, 0.05) is 13.1 Å². The van der Waals surface area contributed by atoms with Gasteiger partial charge in [0.05, 0.1) is 11.3 Å². The molecule has 0 bridgehead atoms. The lowest BCUT2D eigenvalue weighted by molar-refractivity contribution is -0.114. The Hall–Kier alpha value is -1.68. The Labute approximate surface area is 113 Å². The van der Waals surface area contributed by atoms with Crippen molar-refractivity contribution >= 4 is 17.4 Å². The molecular weight excluding hydrogens is 240 g/mol. The summed E-state index contributed by atoms with van der Waals surface area (Å²) < 4.78 is 0. The van der Waals surface area contributed by atoms with Crippen molar-refractivity contribution < 1.29 is 9.59 Å². The van der Waals surface area contributed by atoms with Crippen LogP contribution in [0.2, 0.25) is 0 Å². The van der Waals surface area contributed by atoms with Crippen molar-refractivity contribution in [3.05, 3.63) is 28.8 Å². The molecule has 1 heterocycles. The minimum absolute atomic E-state index is 0.369. The zero-order valence-electron chi connectivity index (χ0n) is 11.7. The van der Waals surface area contributed by atoms with E-state index >= 15 is 0 Å². The minimum Gasteiger partial charge on any atom is -0.315 e. The number of fused-ring (bicyclic) bond motifs is 1. The van der Waals surface area contributed by atoms with Gasteiger partial charge in [-0.2, -0.15) is 0 Å². The molecule has 0 fully saturated rings. The van der Waals surface area contributed by atoms with Gasteiger partial charge < -0.3 is 10.2 Å². The monoisotopic (exact) mass is 260 g/mol. The van der Waals surface area contributed by atoms with Crippen molar-refractivity contribution in [2.24, 2.45) is 0 Å². The highest BCUT2D eigenvalue weighted by molar-refractivity contribution is 6.52. The standard InChI is InChI=1S/C15H20N2O2/c1-4-7-16-8-9-17-13-11(3)6-5-10(2)12(13)14(18)15(17)19/h5-6,16H,4,7-9H2,1-3H3. The first-order valence-electron chi connectivity index (χ1n) is 6.75. The fraction of sp³-hybridized carbons (Fsp3) is 0.467. The second kappa shape index (κ2) is 5.53. The molecule has 0 atom stereocenters. The van der Waals surface area contributed by atoms with Crippen molar-refractivity contribution in [3.63, 3.8) is 0 Å². The van der Waals surface area contributed by atoms with Crippen molar-refractivity contribution in [3.8, 4) is 0 Å². The lowest BCUT2D eigenvalue weighted by Gasteiger charge is -2.19. The summed E-state index contributed by atoms with van der Waals surface area (Å²) in [6, 6.07) is 3.87. The smallest absolute Gasteiger partial charge is 0.299 e. The van der Waals surface area contributed by atoms with Crippen LogP contribution in [0.3, 0.4) is 0 Å². The molecule has 102 valence electrons. The van der Waals surface area contributed by atoms with Crippen molar-refractivity contribution in [2.45, 2.75) is 27.2 Å². The van der Waals surface area contributed by atoms with E-state index in [1.807, 2.05) is 26.0 Å². The molecule has 19 heavy (non-hydrogen) atoms. The maximum absolute atomic E-state index is 12.1. The van der Waals surface area contributed by atoms with Gasteiger partial charge in [0.2, 0.25) is 0 Å². The number of ketones is 1. The molecule has 1 amide bonds. The molecule has 4 nitrogen and oxygen atoms in total. The molecule has 0 aromatic heterocycles. The average molecular weight is 260 g/mol. The van der Waals surface area contributed by atoms with Crippen LogP contribution in [0.4, 0.5) is 5.69 Å². The SMILES string of the molecule is CCCNCCN1C(=O)C(=O)c2c(C)ccc(C)c21. The molecule has 0 spiro atoms. The third-order valence-electron chi connectivity index (χ3n) is 3.46. The molecular formula is C15H20N2O2. The van der Waals surface area contributed by atoms with E-state index in [2.05, 4.69) is 12.2 Å². The fourth-order valence-electron chi connectivity index (χ4n) is 2.47. The highest BCUT2D eigenvalue weighted by Gasteiger charge is 2.37. The highest BCUT2D eigenvalue weighted by atomic mass is 16.2. The maximum Gasteiger partial charge on any atom is 0.299 e.